The fraction of sp³-hybridized carbons (Fsp3) is 0.353. The fourth-order valence-electron chi connectivity index (χ4n) is 3.64. The molecule has 1 aliphatic carbocycles. The van der Waals surface area contributed by atoms with Crippen LogP contribution in [-0.2, 0) is 29.3 Å². The number of benzene rings is 1. The summed E-state index contributed by atoms with van der Waals surface area (Å²) >= 11 is 0. The normalized spacial score (nSPS) is 27.3. The molecule has 6 heteroatoms. The number of nitrogens with zero attached hydrogens (tertiary/aromatic N) is 1. The largest absolute Gasteiger partial charge is 0.469 e. The fourth-order valence-corrected chi connectivity index (χ4v) is 3.64. The van der Waals surface area contributed by atoms with Gasteiger partial charge in [-0.15, -0.1) is 6.42 Å². The molecule has 0 aromatic heterocycles. The predicted octanol–water partition coefficient (Wildman–Crippen LogP) is 0.496. The Kier molecular flexibility index (Phi) is 3.37. The highest BCUT2D eigenvalue weighted by Crippen LogP contribution is 2.66. The molecule has 1 heterocycles. The molecular weight excluding hydrogens is 298 g/mol. The average Bonchev–Trinajstić information content (AvgIpc) is 3.22. The molecule has 6 nitrogen and oxygen atoms in total. The maximum Gasteiger partial charge on any atom is 0.311 e. The Morgan fingerprint density at radius 2 is 1.78 bits per heavy atom. The minimum Gasteiger partial charge on any atom is -0.469 e. The number of carbonyl (C=O) groups excluding carboxylic acids is 3. The third kappa shape index (κ3) is 1.73. The molecule has 1 amide bonds. The van der Waals surface area contributed by atoms with E-state index in [0.717, 1.165) is 0 Å². The standard InChI is InChI=1S/C17H15NO5/c1-4-9-18-11-8-6-5-7-10(11)17(16(18)21)12(14(19)22-2)13(17)15(20)23-3/h1,5-8,12-13H,9H2,2-3H3/t12-,13-/m0/s1. The van der Waals surface area contributed by atoms with Gasteiger partial charge in [0.15, 0.2) is 0 Å². The first-order valence-electron chi connectivity index (χ1n) is 7.06. The van der Waals surface area contributed by atoms with Gasteiger partial charge in [0, 0.05) is 5.69 Å². The topological polar surface area (TPSA) is 72.9 Å². The van der Waals surface area contributed by atoms with Crippen LogP contribution in [0.1, 0.15) is 5.56 Å². The zero-order chi connectivity index (χ0) is 16.8. The second-order valence-electron chi connectivity index (χ2n) is 5.48. The molecule has 23 heavy (non-hydrogen) atoms. The van der Waals surface area contributed by atoms with Crippen LogP contribution < -0.4 is 4.90 Å². The quantitative estimate of drug-likeness (QED) is 0.600. The van der Waals surface area contributed by atoms with Gasteiger partial charge in [-0.3, -0.25) is 19.3 Å². The first kappa shape index (κ1) is 15.1. The van der Waals surface area contributed by atoms with E-state index in [1.54, 1.807) is 24.3 Å². The number of terminal acetylenes is 1. The maximum absolute atomic E-state index is 13.0. The van der Waals surface area contributed by atoms with E-state index in [-0.39, 0.29) is 12.5 Å². The lowest BCUT2D eigenvalue weighted by Crippen LogP contribution is -2.35. The minimum atomic E-state index is -1.27. The Bertz CT molecular complexity index is 726. The molecule has 1 aromatic rings. The Morgan fingerprint density at radius 3 is 2.30 bits per heavy atom. The highest BCUT2D eigenvalue weighted by molar-refractivity contribution is 6.18. The zero-order valence-corrected chi connectivity index (χ0v) is 12.7. The van der Waals surface area contributed by atoms with E-state index in [1.165, 1.54) is 19.1 Å². The van der Waals surface area contributed by atoms with Crippen LogP contribution in [0.3, 0.4) is 0 Å². The Morgan fingerprint density at radius 1 is 1.22 bits per heavy atom. The zero-order valence-electron chi connectivity index (χ0n) is 12.7. The van der Waals surface area contributed by atoms with Crippen LogP contribution in [-0.4, -0.2) is 38.6 Å². The van der Waals surface area contributed by atoms with Gasteiger partial charge in [-0.1, -0.05) is 24.1 Å². The monoisotopic (exact) mass is 313 g/mol. The highest BCUT2D eigenvalue weighted by Gasteiger charge is 2.81. The summed E-state index contributed by atoms with van der Waals surface area (Å²) in [4.78, 5) is 38.7. The average molecular weight is 313 g/mol. The summed E-state index contributed by atoms with van der Waals surface area (Å²) in [6.45, 7) is 0.0688. The van der Waals surface area contributed by atoms with E-state index in [1.807, 2.05) is 0 Å². The molecule has 2 atom stereocenters. The van der Waals surface area contributed by atoms with Crippen molar-refractivity contribution in [3.05, 3.63) is 29.8 Å². The second kappa shape index (κ2) is 5.13. The number of para-hydroxylation sites is 1. The van der Waals surface area contributed by atoms with Crippen LogP contribution in [0.4, 0.5) is 5.69 Å². The van der Waals surface area contributed by atoms with Gasteiger partial charge in [-0.2, -0.15) is 0 Å². The van der Waals surface area contributed by atoms with Crippen molar-refractivity contribution < 1.29 is 23.9 Å². The Labute approximate surface area is 133 Å². The third-order valence-electron chi connectivity index (χ3n) is 4.60. The van der Waals surface area contributed by atoms with E-state index in [2.05, 4.69) is 5.92 Å². The molecule has 0 radical (unpaired) electrons. The van der Waals surface area contributed by atoms with Gasteiger partial charge in [0.2, 0.25) is 5.91 Å². The van der Waals surface area contributed by atoms with Crippen LogP contribution in [0.15, 0.2) is 24.3 Å². The molecule has 0 N–H and O–H groups in total. The van der Waals surface area contributed by atoms with E-state index in [0.29, 0.717) is 11.3 Å². The van der Waals surface area contributed by atoms with Crippen LogP contribution >= 0.6 is 0 Å². The number of hydrogen-bond acceptors (Lipinski definition) is 5. The van der Waals surface area contributed by atoms with Crippen molar-refractivity contribution >= 4 is 23.5 Å². The number of amides is 1. The van der Waals surface area contributed by atoms with Crippen molar-refractivity contribution in [2.24, 2.45) is 11.8 Å². The number of anilines is 1. The van der Waals surface area contributed by atoms with Crippen molar-refractivity contribution in [2.75, 3.05) is 25.7 Å². The summed E-state index contributed by atoms with van der Waals surface area (Å²) < 4.78 is 9.57. The Hall–Kier alpha value is -2.81. The number of rotatable bonds is 3. The van der Waals surface area contributed by atoms with Gasteiger partial charge in [-0.05, 0) is 11.6 Å². The van der Waals surface area contributed by atoms with Gasteiger partial charge in [0.05, 0.1) is 32.6 Å². The third-order valence-corrected chi connectivity index (χ3v) is 4.60. The molecule has 118 valence electrons. The summed E-state index contributed by atoms with van der Waals surface area (Å²) in [6.07, 6.45) is 5.35. The van der Waals surface area contributed by atoms with Gasteiger partial charge in [0.1, 0.15) is 5.41 Å². The number of carbonyl (C=O) groups is 3. The molecule has 2 aliphatic rings. The lowest BCUT2D eigenvalue weighted by molar-refractivity contribution is -0.148. The van der Waals surface area contributed by atoms with Crippen molar-refractivity contribution in [1.29, 1.82) is 0 Å². The number of fused-ring (bicyclic) bond motifs is 2. The van der Waals surface area contributed by atoms with Crippen LogP contribution in [0.5, 0.6) is 0 Å². The first-order valence-corrected chi connectivity index (χ1v) is 7.06. The molecule has 1 aliphatic heterocycles. The van der Waals surface area contributed by atoms with Crippen molar-refractivity contribution in [1.82, 2.24) is 0 Å². The number of esters is 2. The van der Waals surface area contributed by atoms with Gasteiger partial charge in [0.25, 0.3) is 0 Å². The lowest BCUT2D eigenvalue weighted by Gasteiger charge is -2.14. The summed E-state index contributed by atoms with van der Waals surface area (Å²) in [5, 5.41) is 0. The second-order valence-corrected chi connectivity index (χ2v) is 5.48. The van der Waals surface area contributed by atoms with E-state index >= 15 is 0 Å². The molecule has 0 saturated heterocycles. The smallest absolute Gasteiger partial charge is 0.311 e. The maximum atomic E-state index is 13.0. The molecule has 1 aromatic carbocycles. The van der Waals surface area contributed by atoms with Gasteiger partial charge < -0.3 is 9.47 Å². The van der Waals surface area contributed by atoms with E-state index in [9.17, 15) is 14.4 Å². The number of methoxy groups -OCH3 is 2. The summed E-state index contributed by atoms with van der Waals surface area (Å²) in [5.41, 5.74) is -0.0324. The molecule has 1 spiro atoms. The highest BCUT2D eigenvalue weighted by atomic mass is 16.5. The molecule has 1 saturated carbocycles. The van der Waals surface area contributed by atoms with E-state index < -0.39 is 29.2 Å². The molecule has 0 unspecified atom stereocenters. The predicted molar refractivity (Wildman–Crippen MR) is 80.3 cm³/mol. The van der Waals surface area contributed by atoms with Crippen LogP contribution in [0.25, 0.3) is 0 Å². The van der Waals surface area contributed by atoms with Crippen molar-refractivity contribution in [3.63, 3.8) is 0 Å². The van der Waals surface area contributed by atoms with Gasteiger partial charge >= 0.3 is 11.9 Å². The lowest BCUT2D eigenvalue weighted by atomic mass is 9.93. The summed E-state index contributed by atoms with van der Waals surface area (Å²) in [7, 11) is 2.46. The van der Waals surface area contributed by atoms with Gasteiger partial charge in [-0.25, -0.2) is 0 Å². The van der Waals surface area contributed by atoms with Crippen LogP contribution in [0.2, 0.25) is 0 Å². The molecule has 0 bridgehead atoms. The minimum absolute atomic E-state index is 0.0688. The molecule has 3 rings (SSSR count). The van der Waals surface area contributed by atoms with E-state index in [4.69, 9.17) is 15.9 Å². The molecule has 1 fully saturated rings. The SMILES string of the molecule is C#CCN1C(=O)C2(c3ccccc31)[C@H](C(=O)OC)[C@H]2C(=O)OC. The summed E-state index contributed by atoms with van der Waals surface area (Å²) in [6, 6.07) is 7.02. The Balaban J connectivity index is 2.17. The number of hydrogen-bond donors (Lipinski definition) is 0. The van der Waals surface area contributed by atoms with Crippen LogP contribution in [0, 0.1) is 24.2 Å². The first-order chi connectivity index (χ1) is 11.0. The summed E-state index contributed by atoms with van der Waals surface area (Å²) in [5.74, 6) is -0.919. The van der Waals surface area contributed by atoms with Crippen molar-refractivity contribution in [3.8, 4) is 12.3 Å². The van der Waals surface area contributed by atoms with Crippen molar-refractivity contribution in [2.45, 2.75) is 5.41 Å². The number of ether oxygens (including phenoxy) is 2. The molecular formula is C17H15NO5.